The first-order chi connectivity index (χ1) is 9.86. The zero-order valence-electron chi connectivity index (χ0n) is 12.0. The molecule has 1 aromatic rings. The molecule has 3 N–H and O–H groups in total. The summed E-state index contributed by atoms with van der Waals surface area (Å²) in [5.74, 6) is -0.131. The number of aryl methyl sites for hydroxylation is 1. The number of anilines is 1. The van der Waals surface area contributed by atoms with Crippen molar-refractivity contribution < 1.29 is 17.9 Å². The van der Waals surface area contributed by atoms with Crippen molar-refractivity contribution in [1.29, 1.82) is 0 Å². The number of carbonyl (C=O) groups excluding carboxylic acids is 1. The Kier molecular flexibility index (Phi) is 4.97. The minimum atomic E-state index is -3.73. The number of nitrogens with two attached hydrogens (primary N) is 1. The van der Waals surface area contributed by atoms with Gasteiger partial charge in [-0.15, -0.1) is 0 Å². The molecule has 0 aliphatic carbocycles. The predicted octanol–water partition coefficient (Wildman–Crippen LogP) is 1.54. The third-order valence-corrected chi connectivity index (χ3v) is 4.40. The van der Waals surface area contributed by atoms with Crippen LogP contribution < -0.4 is 10.5 Å². The summed E-state index contributed by atoms with van der Waals surface area (Å²) in [5.41, 5.74) is 1.24. The van der Waals surface area contributed by atoms with Crippen LogP contribution in [0.1, 0.15) is 31.2 Å². The Bertz CT molecular complexity index is 622. The SMILES string of the molecule is Cc1cc(S(N)(=O)=O)ccc1NC(=O)CC1CCCCO1. The molecule has 1 amide bonds. The summed E-state index contributed by atoms with van der Waals surface area (Å²) >= 11 is 0. The molecule has 1 fully saturated rings. The van der Waals surface area contributed by atoms with Gasteiger partial charge in [0.1, 0.15) is 0 Å². The highest BCUT2D eigenvalue weighted by Gasteiger charge is 2.18. The Morgan fingerprint density at radius 1 is 1.43 bits per heavy atom. The van der Waals surface area contributed by atoms with Crippen LogP contribution in [-0.4, -0.2) is 27.0 Å². The second-order valence-electron chi connectivity index (χ2n) is 5.26. The van der Waals surface area contributed by atoms with Crippen LogP contribution in [0.2, 0.25) is 0 Å². The lowest BCUT2D eigenvalue weighted by Crippen LogP contribution is -2.25. The fourth-order valence-corrected chi connectivity index (χ4v) is 2.93. The fraction of sp³-hybridized carbons (Fsp3) is 0.500. The zero-order chi connectivity index (χ0) is 15.5. The molecule has 0 saturated carbocycles. The van der Waals surface area contributed by atoms with Gasteiger partial charge >= 0.3 is 0 Å². The van der Waals surface area contributed by atoms with E-state index >= 15 is 0 Å². The van der Waals surface area contributed by atoms with Crippen LogP contribution in [0.25, 0.3) is 0 Å². The van der Waals surface area contributed by atoms with E-state index in [4.69, 9.17) is 9.88 Å². The van der Waals surface area contributed by atoms with E-state index in [0.29, 0.717) is 24.3 Å². The van der Waals surface area contributed by atoms with Gasteiger partial charge in [-0.05, 0) is 49.9 Å². The largest absolute Gasteiger partial charge is 0.378 e. The van der Waals surface area contributed by atoms with E-state index in [1.165, 1.54) is 12.1 Å². The quantitative estimate of drug-likeness (QED) is 0.881. The zero-order valence-corrected chi connectivity index (χ0v) is 12.8. The number of hydrogen-bond acceptors (Lipinski definition) is 4. The summed E-state index contributed by atoms with van der Waals surface area (Å²) in [6.07, 6.45) is 3.32. The van der Waals surface area contributed by atoms with Crippen LogP contribution in [-0.2, 0) is 19.6 Å². The van der Waals surface area contributed by atoms with E-state index in [0.717, 1.165) is 19.3 Å². The molecule has 7 heteroatoms. The minimum Gasteiger partial charge on any atom is -0.378 e. The first-order valence-electron chi connectivity index (χ1n) is 6.91. The summed E-state index contributed by atoms with van der Waals surface area (Å²) in [6.45, 7) is 2.43. The van der Waals surface area contributed by atoms with E-state index in [2.05, 4.69) is 5.32 Å². The smallest absolute Gasteiger partial charge is 0.238 e. The van der Waals surface area contributed by atoms with E-state index in [1.54, 1.807) is 13.0 Å². The number of hydrogen-bond donors (Lipinski definition) is 2. The fourth-order valence-electron chi connectivity index (χ4n) is 2.33. The molecule has 1 atom stereocenters. The Hall–Kier alpha value is -1.44. The van der Waals surface area contributed by atoms with Gasteiger partial charge < -0.3 is 10.1 Å². The highest BCUT2D eigenvalue weighted by Crippen LogP contribution is 2.20. The average molecular weight is 312 g/mol. The summed E-state index contributed by atoms with van der Waals surface area (Å²) in [5, 5.41) is 7.85. The number of carbonyl (C=O) groups is 1. The Morgan fingerprint density at radius 2 is 2.19 bits per heavy atom. The molecule has 116 valence electrons. The van der Waals surface area contributed by atoms with Gasteiger partial charge in [-0.25, -0.2) is 13.6 Å². The Morgan fingerprint density at radius 3 is 2.76 bits per heavy atom. The van der Waals surface area contributed by atoms with Gasteiger partial charge in [0.2, 0.25) is 15.9 Å². The molecular weight excluding hydrogens is 292 g/mol. The van der Waals surface area contributed by atoms with Gasteiger partial charge in [-0.1, -0.05) is 0 Å². The monoisotopic (exact) mass is 312 g/mol. The van der Waals surface area contributed by atoms with Gasteiger partial charge in [0.05, 0.1) is 17.4 Å². The van der Waals surface area contributed by atoms with Crippen LogP contribution >= 0.6 is 0 Å². The predicted molar refractivity (Wildman–Crippen MR) is 79.4 cm³/mol. The standard InChI is InChI=1S/C14H20N2O4S/c1-10-8-12(21(15,18)19)5-6-13(10)16-14(17)9-11-4-2-3-7-20-11/h5-6,8,11H,2-4,7,9H2,1H3,(H,16,17)(H2,15,18,19). The number of benzene rings is 1. The normalized spacial score (nSPS) is 19.2. The molecule has 1 unspecified atom stereocenters. The number of sulfonamides is 1. The molecule has 0 radical (unpaired) electrons. The van der Waals surface area contributed by atoms with Crippen LogP contribution in [0.3, 0.4) is 0 Å². The highest BCUT2D eigenvalue weighted by atomic mass is 32.2. The lowest BCUT2D eigenvalue weighted by atomic mass is 10.1. The van der Waals surface area contributed by atoms with Crippen LogP contribution in [0.15, 0.2) is 23.1 Å². The molecule has 1 saturated heterocycles. The highest BCUT2D eigenvalue weighted by molar-refractivity contribution is 7.89. The third kappa shape index (κ3) is 4.52. The maximum atomic E-state index is 12.0. The van der Waals surface area contributed by atoms with Crippen molar-refractivity contribution in [3.8, 4) is 0 Å². The van der Waals surface area contributed by atoms with E-state index in [1.807, 2.05) is 0 Å². The molecule has 6 nitrogen and oxygen atoms in total. The van der Waals surface area contributed by atoms with Crippen molar-refractivity contribution in [2.75, 3.05) is 11.9 Å². The molecule has 1 aromatic carbocycles. The van der Waals surface area contributed by atoms with Gasteiger partial charge in [0, 0.05) is 12.3 Å². The average Bonchev–Trinajstić information content (AvgIpc) is 2.41. The Balaban J connectivity index is 2.00. The maximum absolute atomic E-state index is 12.0. The molecule has 0 aromatic heterocycles. The van der Waals surface area contributed by atoms with Gasteiger partial charge in [0.15, 0.2) is 0 Å². The minimum absolute atomic E-state index is 0.0252. The van der Waals surface area contributed by atoms with Gasteiger partial charge in [0.25, 0.3) is 0 Å². The topological polar surface area (TPSA) is 98.5 Å². The van der Waals surface area contributed by atoms with Crippen LogP contribution in [0.5, 0.6) is 0 Å². The lowest BCUT2D eigenvalue weighted by Gasteiger charge is -2.22. The maximum Gasteiger partial charge on any atom is 0.238 e. The van der Waals surface area contributed by atoms with E-state index in [9.17, 15) is 13.2 Å². The molecular formula is C14H20N2O4S. The van der Waals surface area contributed by atoms with E-state index < -0.39 is 10.0 Å². The summed E-state index contributed by atoms with van der Waals surface area (Å²) in [6, 6.07) is 4.38. The van der Waals surface area contributed by atoms with Crippen molar-refractivity contribution in [3.63, 3.8) is 0 Å². The number of nitrogens with one attached hydrogen (secondary N) is 1. The van der Waals surface area contributed by atoms with Crippen molar-refractivity contribution >= 4 is 21.6 Å². The number of amides is 1. The van der Waals surface area contributed by atoms with E-state index in [-0.39, 0.29) is 16.9 Å². The summed E-state index contributed by atoms with van der Waals surface area (Å²) in [4.78, 5) is 12.0. The number of rotatable bonds is 4. The van der Waals surface area contributed by atoms with Crippen molar-refractivity contribution in [1.82, 2.24) is 0 Å². The van der Waals surface area contributed by atoms with Crippen molar-refractivity contribution in [3.05, 3.63) is 23.8 Å². The second-order valence-corrected chi connectivity index (χ2v) is 6.82. The van der Waals surface area contributed by atoms with Gasteiger partial charge in [-0.3, -0.25) is 4.79 Å². The van der Waals surface area contributed by atoms with Crippen molar-refractivity contribution in [2.24, 2.45) is 5.14 Å². The molecule has 0 bridgehead atoms. The summed E-state index contributed by atoms with van der Waals surface area (Å²) in [7, 11) is -3.73. The first kappa shape index (κ1) is 15.9. The molecule has 1 aliphatic rings. The lowest BCUT2D eigenvalue weighted by molar-refractivity contribution is -0.119. The molecule has 2 rings (SSSR count). The van der Waals surface area contributed by atoms with Crippen molar-refractivity contribution in [2.45, 2.75) is 43.6 Å². The first-order valence-corrected chi connectivity index (χ1v) is 8.46. The Labute approximate surface area is 124 Å². The molecule has 0 spiro atoms. The number of primary sulfonamides is 1. The van der Waals surface area contributed by atoms with Crippen LogP contribution in [0, 0.1) is 6.92 Å². The molecule has 1 heterocycles. The number of ether oxygens (including phenoxy) is 1. The second kappa shape index (κ2) is 6.55. The molecule has 21 heavy (non-hydrogen) atoms. The summed E-state index contributed by atoms with van der Waals surface area (Å²) < 4.78 is 28.0. The third-order valence-electron chi connectivity index (χ3n) is 3.49. The molecule has 1 aliphatic heterocycles. The van der Waals surface area contributed by atoms with Crippen LogP contribution in [0.4, 0.5) is 5.69 Å². The van der Waals surface area contributed by atoms with Gasteiger partial charge in [-0.2, -0.15) is 0 Å².